The van der Waals surface area contributed by atoms with Crippen LogP contribution in [0.5, 0.6) is 17.2 Å². The van der Waals surface area contributed by atoms with E-state index in [9.17, 15) is 9.59 Å². The SMILES string of the molecule is COc1ccc(CCC(=O)Nc2ccc(NC(C)=O)cc2Cl)c(OC)c1OC. The van der Waals surface area contributed by atoms with E-state index in [-0.39, 0.29) is 18.2 Å². The van der Waals surface area contributed by atoms with Crippen molar-refractivity contribution in [3.05, 3.63) is 40.9 Å². The van der Waals surface area contributed by atoms with Crippen LogP contribution in [-0.4, -0.2) is 33.1 Å². The van der Waals surface area contributed by atoms with Crippen LogP contribution in [0.3, 0.4) is 0 Å². The van der Waals surface area contributed by atoms with Gasteiger partial charge in [0.1, 0.15) is 0 Å². The molecule has 0 saturated heterocycles. The zero-order chi connectivity index (χ0) is 20.7. The lowest BCUT2D eigenvalue weighted by molar-refractivity contribution is -0.116. The second-order valence-corrected chi connectivity index (χ2v) is 6.32. The van der Waals surface area contributed by atoms with Gasteiger partial charge in [0.25, 0.3) is 0 Å². The van der Waals surface area contributed by atoms with Crippen molar-refractivity contribution in [3.8, 4) is 17.2 Å². The Morgan fingerprint density at radius 2 is 1.68 bits per heavy atom. The Morgan fingerprint density at radius 1 is 0.964 bits per heavy atom. The van der Waals surface area contributed by atoms with Gasteiger partial charge in [-0.25, -0.2) is 0 Å². The van der Waals surface area contributed by atoms with Gasteiger partial charge < -0.3 is 24.8 Å². The van der Waals surface area contributed by atoms with Gasteiger partial charge in [-0.15, -0.1) is 0 Å². The lowest BCUT2D eigenvalue weighted by Crippen LogP contribution is -2.13. The Labute approximate surface area is 168 Å². The minimum Gasteiger partial charge on any atom is -0.493 e. The van der Waals surface area contributed by atoms with Crippen LogP contribution in [0.15, 0.2) is 30.3 Å². The molecule has 7 nitrogen and oxygen atoms in total. The summed E-state index contributed by atoms with van der Waals surface area (Å²) in [6.07, 6.45) is 0.659. The molecule has 28 heavy (non-hydrogen) atoms. The number of methoxy groups -OCH3 is 3. The molecule has 2 aromatic carbocycles. The largest absolute Gasteiger partial charge is 0.493 e. The molecule has 0 saturated carbocycles. The Morgan fingerprint density at radius 3 is 2.25 bits per heavy atom. The highest BCUT2D eigenvalue weighted by molar-refractivity contribution is 6.34. The number of rotatable bonds is 8. The van der Waals surface area contributed by atoms with E-state index < -0.39 is 0 Å². The van der Waals surface area contributed by atoms with Gasteiger partial charge in [0, 0.05) is 19.0 Å². The van der Waals surface area contributed by atoms with Gasteiger partial charge in [0.15, 0.2) is 11.5 Å². The summed E-state index contributed by atoms with van der Waals surface area (Å²) in [6, 6.07) is 8.49. The fourth-order valence-corrected chi connectivity index (χ4v) is 2.95. The van der Waals surface area contributed by atoms with Gasteiger partial charge in [-0.3, -0.25) is 9.59 Å². The first-order valence-electron chi connectivity index (χ1n) is 8.54. The third-order valence-electron chi connectivity index (χ3n) is 3.97. The van der Waals surface area contributed by atoms with Crippen LogP contribution in [0.1, 0.15) is 18.9 Å². The first-order chi connectivity index (χ1) is 13.4. The molecule has 0 aliphatic heterocycles. The lowest BCUT2D eigenvalue weighted by atomic mass is 10.1. The molecule has 150 valence electrons. The Bertz CT molecular complexity index is 870. The number of anilines is 2. The number of carbonyl (C=O) groups excluding carboxylic acids is 2. The normalized spacial score (nSPS) is 10.2. The molecule has 2 N–H and O–H groups in total. The topological polar surface area (TPSA) is 85.9 Å². The molecule has 8 heteroatoms. The van der Waals surface area contributed by atoms with E-state index in [1.807, 2.05) is 6.07 Å². The minimum atomic E-state index is -0.203. The van der Waals surface area contributed by atoms with Crippen molar-refractivity contribution < 1.29 is 23.8 Å². The zero-order valence-electron chi connectivity index (χ0n) is 16.2. The lowest BCUT2D eigenvalue weighted by Gasteiger charge is -2.15. The molecule has 2 amide bonds. The van der Waals surface area contributed by atoms with Gasteiger partial charge in [0.05, 0.1) is 32.0 Å². The summed E-state index contributed by atoms with van der Waals surface area (Å²) in [6.45, 7) is 1.41. The summed E-state index contributed by atoms with van der Waals surface area (Å²) in [5.74, 6) is 1.17. The fourth-order valence-electron chi connectivity index (χ4n) is 2.72. The molecule has 0 aromatic heterocycles. The van der Waals surface area contributed by atoms with Crippen molar-refractivity contribution in [1.29, 1.82) is 0 Å². The summed E-state index contributed by atoms with van der Waals surface area (Å²) >= 11 is 6.18. The Hall–Kier alpha value is -2.93. The molecule has 2 rings (SSSR count). The maximum atomic E-state index is 12.3. The summed E-state index contributed by atoms with van der Waals surface area (Å²) in [5, 5.41) is 5.74. The standard InChI is InChI=1S/C20H23ClN2O5/c1-12(24)22-14-7-8-16(15(21)11-14)23-18(25)10-6-13-5-9-17(26-2)20(28-4)19(13)27-3/h5,7-9,11H,6,10H2,1-4H3,(H,22,24)(H,23,25). The maximum absolute atomic E-state index is 12.3. The van der Waals surface area contributed by atoms with E-state index in [0.29, 0.717) is 40.1 Å². The summed E-state index contributed by atoms with van der Waals surface area (Å²) < 4.78 is 16.0. The van der Waals surface area contributed by atoms with Gasteiger partial charge in [-0.2, -0.15) is 0 Å². The van der Waals surface area contributed by atoms with Crippen LogP contribution in [0.25, 0.3) is 0 Å². The van der Waals surface area contributed by atoms with Crippen molar-refractivity contribution in [1.82, 2.24) is 0 Å². The van der Waals surface area contributed by atoms with Crippen molar-refractivity contribution >= 4 is 34.8 Å². The maximum Gasteiger partial charge on any atom is 0.224 e. The van der Waals surface area contributed by atoms with Crippen LogP contribution in [0.4, 0.5) is 11.4 Å². The van der Waals surface area contributed by atoms with Crippen LogP contribution in [0, 0.1) is 0 Å². The Balaban J connectivity index is 2.06. The predicted octanol–water partition coefficient (Wildman–Crippen LogP) is 3.90. The van der Waals surface area contributed by atoms with Crippen LogP contribution in [0.2, 0.25) is 5.02 Å². The molecule has 0 bridgehead atoms. The smallest absolute Gasteiger partial charge is 0.224 e. The monoisotopic (exact) mass is 406 g/mol. The van der Waals surface area contributed by atoms with Gasteiger partial charge >= 0.3 is 0 Å². The van der Waals surface area contributed by atoms with Crippen molar-refractivity contribution in [2.75, 3.05) is 32.0 Å². The zero-order valence-corrected chi connectivity index (χ0v) is 17.0. The highest BCUT2D eigenvalue weighted by Crippen LogP contribution is 2.40. The van der Waals surface area contributed by atoms with Crippen molar-refractivity contribution in [2.24, 2.45) is 0 Å². The highest BCUT2D eigenvalue weighted by atomic mass is 35.5. The molecule has 0 heterocycles. The Kier molecular flexibility index (Phi) is 7.52. The predicted molar refractivity (Wildman–Crippen MR) is 109 cm³/mol. The molecule has 2 aromatic rings. The second-order valence-electron chi connectivity index (χ2n) is 5.92. The molecular formula is C20H23ClN2O5. The number of halogens is 1. The first kappa shape index (κ1) is 21.4. The number of nitrogens with one attached hydrogen (secondary N) is 2. The molecule has 0 radical (unpaired) electrons. The molecule has 0 unspecified atom stereocenters. The number of aryl methyl sites for hydroxylation is 1. The third-order valence-corrected chi connectivity index (χ3v) is 4.28. The molecule has 0 atom stereocenters. The number of hydrogen-bond acceptors (Lipinski definition) is 5. The van der Waals surface area contributed by atoms with Gasteiger partial charge in [0.2, 0.25) is 17.6 Å². The molecule has 0 fully saturated rings. The summed E-state index contributed by atoms with van der Waals surface area (Å²) in [4.78, 5) is 23.4. The van der Waals surface area contributed by atoms with E-state index in [1.165, 1.54) is 21.1 Å². The molecular weight excluding hydrogens is 384 g/mol. The number of carbonyl (C=O) groups is 2. The van der Waals surface area contributed by atoms with E-state index in [4.69, 9.17) is 25.8 Å². The number of amides is 2. The van der Waals surface area contributed by atoms with Crippen molar-refractivity contribution in [2.45, 2.75) is 19.8 Å². The number of hydrogen-bond donors (Lipinski definition) is 2. The molecule has 0 spiro atoms. The van der Waals surface area contributed by atoms with Gasteiger partial charge in [-0.1, -0.05) is 17.7 Å². The third kappa shape index (κ3) is 5.29. The molecule has 0 aliphatic rings. The minimum absolute atomic E-state index is 0.197. The van der Waals surface area contributed by atoms with Crippen molar-refractivity contribution in [3.63, 3.8) is 0 Å². The van der Waals surface area contributed by atoms with Crippen LogP contribution in [-0.2, 0) is 16.0 Å². The van der Waals surface area contributed by atoms with E-state index in [1.54, 1.807) is 31.4 Å². The average Bonchev–Trinajstić information content (AvgIpc) is 2.67. The second kappa shape index (κ2) is 9.85. The fraction of sp³-hybridized carbons (Fsp3) is 0.300. The van der Waals surface area contributed by atoms with Crippen LogP contribution >= 0.6 is 11.6 Å². The first-order valence-corrected chi connectivity index (χ1v) is 8.92. The van der Waals surface area contributed by atoms with Crippen LogP contribution < -0.4 is 24.8 Å². The quantitative estimate of drug-likeness (QED) is 0.694. The molecule has 0 aliphatic carbocycles. The highest BCUT2D eigenvalue weighted by Gasteiger charge is 2.17. The number of benzene rings is 2. The summed E-state index contributed by atoms with van der Waals surface area (Å²) in [7, 11) is 4.62. The van der Waals surface area contributed by atoms with Gasteiger partial charge in [-0.05, 0) is 36.2 Å². The van der Waals surface area contributed by atoms with E-state index in [0.717, 1.165) is 5.56 Å². The number of ether oxygens (including phenoxy) is 3. The van der Waals surface area contributed by atoms with E-state index in [2.05, 4.69) is 10.6 Å². The summed E-state index contributed by atoms with van der Waals surface area (Å²) in [5.41, 5.74) is 1.85. The average molecular weight is 407 g/mol. The van der Waals surface area contributed by atoms with E-state index >= 15 is 0 Å².